The number of fused-ring (bicyclic) bond motifs is 1. The van der Waals surface area contributed by atoms with Crippen LogP contribution in [0.3, 0.4) is 0 Å². The quantitative estimate of drug-likeness (QED) is 0.562. The zero-order chi connectivity index (χ0) is 20.3. The fourth-order valence-electron chi connectivity index (χ4n) is 5.03. The van der Waals surface area contributed by atoms with Gasteiger partial charge < -0.3 is 9.64 Å². The van der Waals surface area contributed by atoms with Gasteiger partial charge in [0.1, 0.15) is 6.20 Å². The molecule has 156 valence electrons. The lowest BCUT2D eigenvalue weighted by Crippen LogP contribution is -2.34. The van der Waals surface area contributed by atoms with Gasteiger partial charge in [0.05, 0.1) is 13.7 Å². The molecule has 2 aliphatic rings. The lowest BCUT2D eigenvalue weighted by Gasteiger charge is -2.28. The Morgan fingerprint density at radius 3 is 2.33 bits per heavy atom. The average molecular weight is 403 g/mol. The van der Waals surface area contributed by atoms with Crippen LogP contribution in [0.15, 0.2) is 54.7 Å². The number of rotatable bonds is 4. The number of methoxy groups -OCH3 is 1. The van der Waals surface area contributed by atoms with E-state index in [-0.39, 0.29) is 0 Å². The minimum atomic E-state index is 0.923. The first-order valence-electron chi connectivity index (χ1n) is 11.5. The number of nitrogens with zero attached hydrogens (tertiary/aromatic N) is 3. The zero-order valence-corrected chi connectivity index (χ0v) is 18.0. The molecule has 0 radical (unpaired) electrons. The largest absolute Gasteiger partial charge is 0.492 e. The molecule has 2 aliphatic heterocycles. The van der Waals surface area contributed by atoms with Gasteiger partial charge in [-0.05, 0) is 74.9 Å². The third-order valence-corrected chi connectivity index (χ3v) is 6.64. The van der Waals surface area contributed by atoms with Crippen molar-refractivity contribution in [3.8, 4) is 22.7 Å². The van der Waals surface area contributed by atoms with Crippen LogP contribution in [0.2, 0.25) is 0 Å². The molecule has 3 heterocycles. The number of para-hydroxylation sites is 2. The van der Waals surface area contributed by atoms with Crippen LogP contribution < -0.4 is 14.2 Å². The summed E-state index contributed by atoms with van der Waals surface area (Å²) in [5.74, 6) is 2.30. The van der Waals surface area contributed by atoms with Gasteiger partial charge in [0, 0.05) is 30.8 Å². The molecule has 0 bridgehead atoms. The van der Waals surface area contributed by atoms with E-state index < -0.39 is 0 Å². The number of anilines is 1. The van der Waals surface area contributed by atoms with E-state index in [1.165, 1.54) is 74.4 Å². The van der Waals surface area contributed by atoms with Gasteiger partial charge in [-0.15, -0.1) is 0 Å². The van der Waals surface area contributed by atoms with E-state index in [1.54, 1.807) is 7.11 Å². The molecule has 30 heavy (non-hydrogen) atoms. The molecular formula is C26H32N3O+. The molecule has 0 N–H and O–H groups in total. The summed E-state index contributed by atoms with van der Waals surface area (Å²) < 4.78 is 10.6. The lowest BCUT2D eigenvalue weighted by molar-refractivity contribution is -0.604. The fraction of sp³-hybridized carbons (Fsp3) is 0.423. The highest BCUT2D eigenvalue weighted by Crippen LogP contribution is 2.29. The second-order valence-electron chi connectivity index (χ2n) is 8.53. The van der Waals surface area contributed by atoms with E-state index in [0.717, 1.165) is 24.4 Å². The van der Waals surface area contributed by atoms with Crippen molar-refractivity contribution in [3.05, 3.63) is 60.6 Å². The van der Waals surface area contributed by atoms with E-state index in [1.807, 2.05) is 6.07 Å². The molecule has 0 atom stereocenters. The van der Waals surface area contributed by atoms with E-state index in [0.29, 0.717) is 0 Å². The molecule has 0 aliphatic carbocycles. The molecule has 1 fully saturated rings. The van der Waals surface area contributed by atoms with Gasteiger partial charge in [-0.3, -0.25) is 0 Å². The summed E-state index contributed by atoms with van der Waals surface area (Å²) in [7, 11) is 1.76. The molecule has 2 aromatic carbocycles. The van der Waals surface area contributed by atoms with Crippen molar-refractivity contribution >= 4 is 5.69 Å². The van der Waals surface area contributed by atoms with Crippen molar-refractivity contribution in [1.82, 2.24) is 4.57 Å². The predicted octanol–water partition coefficient (Wildman–Crippen LogP) is 5.16. The first-order chi connectivity index (χ1) is 14.8. The monoisotopic (exact) mass is 402 g/mol. The van der Waals surface area contributed by atoms with Gasteiger partial charge >= 0.3 is 0 Å². The highest BCUT2D eigenvalue weighted by molar-refractivity contribution is 5.63. The molecular weight excluding hydrogens is 370 g/mol. The molecule has 5 rings (SSSR count). The van der Waals surface area contributed by atoms with Crippen LogP contribution in [-0.4, -0.2) is 24.8 Å². The van der Waals surface area contributed by atoms with E-state index in [4.69, 9.17) is 4.74 Å². The molecule has 0 saturated carbocycles. The maximum absolute atomic E-state index is 5.68. The molecule has 4 nitrogen and oxygen atoms in total. The topological polar surface area (TPSA) is 21.3 Å². The SMILES string of the molecule is COc1ccccc1-[n+]1cc(-c2ccc(N3CCCCC3)cc2)n2c1CCCCC2. The normalized spacial score (nSPS) is 16.8. The van der Waals surface area contributed by atoms with Gasteiger partial charge in [0.2, 0.25) is 0 Å². The summed E-state index contributed by atoms with van der Waals surface area (Å²) in [6, 6.07) is 17.6. The maximum Gasteiger partial charge on any atom is 0.262 e. The molecule has 4 heteroatoms. The molecule has 0 unspecified atom stereocenters. The zero-order valence-electron chi connectivity index (χ0n) is 18.0. The summed E-state index contributed by atoms with van der Waals surface area (Å²) in [4.78, 5) is 2.53. The highest BCUT2D eigenvalue weighted by Gasteiger charge is 2.28. The van der Waals surface area contributed by atoms with Crippen LogP contribution in [0.4, 0.5) is 5.69 Å². The maximum atomic E-state index is 5.68. The molecule has 0 amide bonds. The molecule has 1 saturated heterocycles. The van der Waals surface area contributed by atoms with Gasteiger partial charge in [0.25, 0.3) is 5.82 Å². The number of ether oxygens (including phenoxy) is 1. The van der Waals surface area contributed by atoms with Crippen molar-refractivity contribution in [2.24, 2.45) is 0 Å². The third-order valence-electron chi connectivity index (χ3n) is 6.64. The van der Waals surface area contributed by atoms with Gasteiger partial charge in [0.15, 0.2) is 17.1 Å². The van der Waals surface area contributed by atoms with Gasteiger partial charge in [-0.1, -0.05) is 12.1 Å². The summed E-state index contributed by atoms with van der Waals surface area (Å²) in [6.07, 6.45) is 11.2. The fourth-order valence-corrected chi connectivity index (χ4v) is 5.03. The number of imidazole rings is 1. The first kappa shape index (κ1) is 19.2. The Hall–Kier alpha value is -2.75. The van der Waals surface area contributed by atoms with Crippen molar-refractivity contribution < 1.29 is 9.30 Å². The summed E-state index contributed by atoms with van der Waals surface area (Å²) in [5.41, 5.74) is 5.09. The smallest absolute Gasteiger partial charge is 0.262 e. The van der Waals surface area contributed by atoms with Crippen LogP contribution >= 0.6 is 0 Å². The van der Waals surface area contributed by atoms with E-state index in [2.05, 4.69) is 62.7 Å². The number of piperidine rings is 1. The predicted molar refractivity (Wildman–Crippen MR) is 122 cm³/mol. The van der Waals surface area contributed by atoms with Gasteiger partial charge in [-0.2, -0.15) is 4.57 Å². The van der Waals surface area contributed by atoms with Crippen molar-refractivity contribution in [3.63, 3.8) is 0 Å². The van der Waals surface area contributed by atoms with Crippen molar-refractivity contribution in [2.75, 3.05) is 25.1 Å². The molecule has 3 aromatic rings. The Morgan fingerprint density at radius 2 is 1.53 bits per heavy atom. The Labute approximate surface area is 179 Å². The van der Waals surface area contributed by atoms with Crippen LogP contribution in [0.1, 0.15) is 44.3 Å². The van der Waals surface area contributed by atoms with Crippen molar-refractivity contribution in [2.45, 2.75) is 51.5 Å². The van der Waals surface area contributed by atoms with Crippen LogP contribution in [-0.2, 0) is 13.0 Å². The third kappa shape index (κ3) is 3.60. The Bertz CT molecular complexity index is 1000. The lowest BCUT2D eigenvalue weighted by atomic mass is 10.1. The summed E-state index contributed by atoms with van der Waals surface area (Å²) in [6.45, 7) is 3.46. The summed E-state index contributed by atoms with van der Waals surface area (Å²) in [5, 5.41) is 0. The van der Waals surface area contributed by atoms with Crippen LogP contribution in [0.5, 0.6) is 5.75 Å². The van der Waals surface area contributed by atoms with Crippen molar-refractivity contribution in [1.29, 1.82) is 0 Å². The second-order valence-corrected chi connectivity index (χ2v) is 8.53. The van der Waals surface area contributed by atoms with Crippen LogP contribution in [0, 0.1) is 0 Å². The Balaban J connectivity index is 1.56. The minimum absolute atomic E-state index is 0.923. The number of hydrogen-bond acceptors (Lipinski definition) is 2. The van der Waals surface area contributed by atoms with E-state index in [9.17, 15) is 0 Å². The number of benzene rings is 2. The number of aromatic nitrogens is 2. The first-order valence-corrected chi connectivity index (χ1v) is 11.5. The van der Waals surface area contributed by atoms with E-state index >= 15 is 0 Å². The molecule has 0 spiro atoms. The van der Waals surface area contributed by atoms with Gasteiger partial charge in [-0.25, -0.2) is 4.57 Å². The summed E-state index contributed by atoms with van der Waals surface area (Å²) >= 11 is 0. The Morgan fingerprint density at radius 1 is 0.800 bits per heavy atom. The Kier molecular flexibility index (Phi) is 5.48. The standard InChI is InChI=1S/C26H32N3O/c1-30-25-11-6-5-10-23(25)29-20-24(28-19-9-2-4-12-26(28)29)21-13-15-22(16-14-21)27-17-7-3-8-18-27/h5-6,10-11,13-16,20H,2-4,7-9,12,17-19H2,1H3/q+1. The van der Waals surface area contributed by atoms with Crippen LogP contribution in [0.25, 0.3) is 16.9 Å². The number of hydrogen-bond donors (Lipinski definition) is 0. The highest BCUT2D eigenvalue weighted by atomic mass is 16.5. The average Bonchev–Trinajstić information content (AvgIpc) is 3.00. The molecule has 1 aromatic heterocycles. The minimum Gasteiger partial charge on any atom is -0.492 e. The second kappa shape index (κ2) is 8.55.